The van der Waals surface area contributed by atoms with E-state index in [9.17, 15) is 0 Å². The van der Waals surface area contributed by atoms with Gasteiger partial charge in [-0.3, -0.25) is 0 Å². The molecule has 0 amide bonds. The van der Waals surface area contributed by atoms with E-state index < -0.39 is 0 Å². The molecule has 3 N–H and O–H groups in total. The summed E-state index contributed by atoms with van der Waals surface area (Å²) in [7, 11) is 0. The molecule has 22 heavy (non-hydrogen) atoms. The van der Waals surface area contributed by atoms with Crippen molar-refractivity contribution in [1.82, 2.24) is 10.3 Å². The van der Waals surface area contributed by atoms with Gasteiger partial charge in [0.1, 0.15) is 6.10 Å². The smallest absolute Gasteiger partial charge is 0.213 e. The molecular weight excluding hydrogens is 395 g/mol. The highest BCUT2D eigenvalue weighted by Gasteiger charge is 2.17. The summed E-state index contributed by atoms with van der Waals surface area (Å²) in [5.74, 6) is 1.62. The van der Waals surface area contributed by atoms with Gasteiger partial charge in [0.15, 0.2) is 5.96 Å². The predicted octanol–water partition coefficient (Wildman–Crippen LogP) is 1.93. The SMILES string of the molecule is CC(C)CNC(N)=NCc1ccnc(OC2CCOC2)c1.I. The van der Waals surface area contributed by atoms with Crippen molar-refractivity contribution in [2.45, 2.75) is 32.9 Å². The second-order valence-electron chi connectivity index (χ2n) is 5.58. The van der Waals surface area contributed by atoms with Crippen molar-refractivity contribution < 1.29 is 9.47 Å². The van der Waals surface area contributed by atoms with E-state index in [0.717, 1.165) is 25.1 Å². The van der Waals surface area contributed by atoms with Gasteiger partial charge in [0.25, 0.3) is 0 Å². The zero-order chi connectivity index (χ0) is 15.1. The maximum Gasteiger partial charge on any atom is 0.213 e. The molecule has 1 fully saturated rings. The molecule has 0 aromatic carbocycles. The van der Waals surface area contributed by atoms with Gasteiger partial charge in [0.05, 0.1) is 19.8 Å². The lowest BCUT2D eigenvalue weighted by atomic mass is 10.2. The predicted molar refractivity (Wildman–Crippen MR) is 97.7 cm³/mol. The number of nitrogens with one attached hydrogen (secondary N) is 1. The van der Waals surface area contributed by atoms with Crippen molar-refractivity contribution in [1.29, 1.82) is 0 Å². The van der Waals surface area contributed by atoms with Crippen LogP contribution >= 0.6 is 24.0 Å². The molecule has 0 spiro atoms. The van der Waals surface area contributed by atoms with Crippen LogP contribution in [-0.4, -0.2) is 36.8 Å². The van der Waals surface area contributed by atoms with Crippen molar-refractivity contribution in [3.05, 3.63) is 23.9 Å². The van der Waals surface area contributed by atoms with Crippen LogP contribution in [0, 0.1) is 5.92 Å². The van der Waals surface area contributed by atoms with Crippen LogP contribution in [0.25, 0.3) is 0 Å². The number of rotatable bonds is 6. The lowest BCUT2D eigenvalue weighted by Crippen LogP contribution is -2.34. The van der Waals surface area contributed by atoms with E-state index in [1.54, 1.807) is 6.20 Å². The largest absolute Gasteiger partial charge is 0.472 e. The molecule has 1 unspecified atom stereocenters. The molecule has 1 atom stereocenters. The quantitative estimate of drug-likeness (QED) is 0.418. The highest BCUT2D eigenvalue weighted by atomic mass is 127. The fourth-order valence-corrected chi connectivity index (χ4v) is 1.93. The molecule has 0 bridgehead atoms. The zero-order valence-corrected chi connectivity index (χ0v) is 15.4. The molecule has 0 saturated carbocycles. The summed E-state index contributed by atoms with van der Waals surface area (Å²) in [5, 5.41) is 3.09. The third-order valence-electron chi connectivity index (χ3n) is 3.10. The van der Waals surface area contributed by atoms with Gasteiger partial charge in [-0.05, 0) is 17.5 Å². The van der Waals surface area contributed by atoms with Gasteiger partial charge in [0.2, 0.25) is 5.88 Å². The summed E-state index contributed by atoms with van der Waals surface area (Å²) < 4.78 is 11.1. The highest BCUT2D eigenvalue weighted by Crippen LogP contribution is 2.16. The van der Waals surface area contributed by atoms with Crippen LogP contribution in [0.3, 0.4) is 0 Å². The van der Waals surface area contributed by atoms with Crippen molar-refractivity contribution in [3.8, 4) is 5.88 Å². The monoisotopic (exact) mass is 420 g/mol. The van der Waals surface area contributed by atoms with Gasteiger partial charge < -0.3 is 20.5 Å². The Kier molecular flexibility index (Phi) is 8.47. The van der Waals surface area contributed by atoms with Crippen molar-refractivity contribution in [2.24, 2.45) is 16.6 Å². The Bertz CT molecular complexity index is 476. The fourth-order valence-electron chi connectivity index (χ4n) is 1.93. The maximum absolute atomic E-state index is 5.82. The van der Waals surface area contributed by atoms with Gasteiger partial charge in [-0.25, -0.2) is 9.98 Å². The molecule has 2 heterocycles. The Morgan fingerprint density at radius 2 is 2.41 bits per heavy atom. The summed E-state index contributed by atoms with van der Waals surface area (Å²) in [6.07, 6.45) is 2.75. The van der Waals surface area contributed by atoms with Crippen LogP contribution in [0.15, 0.2) is 23.3 Å². The zero-order valence-electron chi connectivity index (χ0n) is 13.1. The summed E-state index contributed by atoms with van der Waals surface area (Å²) in [6, 6.07) is 3.81. The Morgan fingerprint density at radius 3 is 3.09 bits per heavy atom. The number of nitrogens with zero attached hydrogens (tertiary/aromatic N) is 2. The minimum Gasteiger partial charge on any atom is -0.472 e. The number of ether oxygens (including phenoxy) is 2. The van der Waals surface area contributed by atoms with Gasteiger partial charge >= 0.3 is 0 Å². The number of guanidine groups is 1. The third-order valence-corrected chi connectivity index (χ3v) is 3.10. The molecule has 0 aliphatic carbocycles. The van der Waals surface area contributed by atoms with Crippen molar-refractivity contribution in [3.63, 3.8) is 0 Å². The molecule has 7 heteroatoms. The number of pyridine rings is 1. The molecule has 0 radical (unpaired) electrons. The lowest BCUT2D eigenvalue weighted by molar-refractivity contribution is 0.138. The lowest BCUT2D eigenvalue weighted by Gasteiger charge is -2.11. The first-order valence-corrected chi connectivity index (χ1v) is 7.36. The molecular formula is C15H25IN4O2. The first-order chi connectivity index (χ1) is 10.1. The molecule has 1 aliphatic rings. The van der Waals surface area contributed by atoms with Gasteiger partial charge in [-0.2, -0.15) is 0 Å². The van der Waals surface area contributed by atoms with Crippen molar-refractivity contribution >= 4 is 29.9 Å². The first kappa shape index (κ1) is 19.0. The van der Waals surface area contributed by atoms with E-state index in [2.05, 4.69) is 29.1 Å². The standard InChI is InChI=1S/C15H24N4O2.HI/c1-11(2)8-18-15(16)19-9-12-3-5-17-14(7-12)21-13-4-6-20-10-13;/h3,5,7,11,13H,4,6,8-10H2,1-2H3,(H3,16,18,19);1H. The van der Waals surface area contributed by atoms with Crippen LogP contribution < -0.4 is 15.8 Å². The molecule has 2 rings (SSSR count). The molecule has 1 aliphatic heterocycles. The van der Waals surface area contributed by atoms with E-state index in [4.69, 9.17) is 15.2 Å². The molecule has 1 aromatic heterocycles. The van der Waals surface area contributed by atoms with Crippen LogP contribution in [0.1, 0.15) is 25.8 Å². The summed E-state index contributed by atoms with van der Waals surface area (Å²) in [5.41, 5.74) is 6.84. The molecule has 6 nitrogen and oxygen atoms in total. The Labute approximate surface area is 148 Å². The first-order valence-electron chi connectivity index (χ1n) is 7.36. The van der Waals surface area contributed by atoms with E-state index in [-0.39, 0.29) is 30.1 Å². The number of nitrogens with two attached hydrogens (primary N) is 1. The number of aromatic nitrogens is 1. The van der Waals surface area contributed by atoms with E-state index in [0.29, 0.717) is 30.9 Å². The second kappa shape index (κ2) is 9.83. The Morgan fingerprint density at radius 1 is 1.59 bits per heavy atom. The number of hydrogen-bond acceptors (Lipinski definition) is 4. The summed E-state index contributed by atoms with van der Waals surface area (Å²) >= 11 is 0. The topological polar surface area (TPSA) is 81.8 Å². The van der Waals surface area contributed by atoms with Gasteiger partial charge in [-0.1, -0.05) is 13.8 Å². The molecule has 124 valence electrons. The van der Waals surface area contributed by atoms with Crippen LogP contribution in [-0.2, 0) is 11.3 Å². The second-order valence-corrected chi connectivity index (χ2v) is 5.58. The number of hydrogen-bond donors (Lipinski definition) is 2. The normalized spacial score (nSPS) is 18.1. The minimum atomic E-state index is 0. The van der Waals surface area contributed by atoms with Crippen molar-refractivity contribution in [2.75, 3.05) is 19.8 Å². The Balaban J connectivity index is 0.00000242. The van der Waals surface area contributed by atoms with E-state index >= 15 is 0 Å². The average Bonchev–Trinajstić information content (AvgIpc) is 2.96. The average molecular weight is 420 g/mol. The minimum absolute atomic E-state index is 0. The number of aliphatic imine (C=N–C) groups is 1. The number of halogens is 1. The van der Waals surface area contributed by atoms with E-state index in [1.807, 2.05) is 12.1 Å². The van der Waals surface area contributed by atoms with Gasteiger partial charge in [-0.15, -0.1) is 24.0 Å². The van der Waals surface area contributed by atoms with Crippen LogP contribution in [0.5, 0.6) is 5.88 Å². The fraction of sp³-hybridized carbons (Fsp3) is 0.600. The van der Waals surface area contributed by atoms with Crippen LogP contribution in [0.2, 0.25) is 0 Å². The van der Waals surface area contributed by atoms with Gasteiger partial charge in [0, 0.05) is 25.2 Å². The van der Waals surface area contributed by atoms with E-state index in [1.165, 1.54) is 0 Å². The molecule has 1 saturated heterocycles. The Hall–Kier alpha value is -1.09. The summed E-state index contributed by atoms with van der Waals surface area (Å²) in [6.45, 7) is 6.97. The molecule has 1 aromatic rings. The third kappa shape index (κ3) is 6.78. The van der Waals surface area contributed by atoms with Crippen LogP contribution in [0.4, 0.5) is 0 Å². The highest BCUT2D eigenvalue weighted by molar-refractivity contribution is 14.0. The maximum atomic E-state index is 5.82. The summed E-state index contributed by atoms with van der Waals surface area (Å²) in [4.78, 5) is 8.53.